The van der Waals surface area contributed by atoms with Crippen LogP contribution in [0.2, 0.25) is 0 Å². The number of rotatable bonds is 2. The van der Waals surface area contributed by atoms with Gasteiger partial charge in [0.15, 0.2) is 0 Å². The molecule has 23 heavy (non-hydrogen) atoms. The van der Waals surface area contributed by atoms with E-state index in [1.54, 1.807) is 6.07 Å². The summed E-state index contributed by atoms with van der Waals surface area (Å²) < 4.78 is 0.848. The van der Waals surface area contributed by atoms with Gasteiger partial charge < -0.3 is 15.3 Å². The van der Waals surface area contributed by atoms with Gasteiger partial charge in [-0.2, -0.15) is 0 Å². The molecule has 6 heteroatoms. The van der Waals surface area contributed by atoms with Crippen molar-refractivity contribution < 1.29 is 9.90 Å². The molecule has 2 N–H and O–H groups in total. The first kappa shape index (κ1) is 14.7. The van der Waals surface area contributed by atoms with Crippen molar-refractivity contribution >= 4 is 33.1 Å². The zero-order chi connectivity index (χ0) is 16.0. The van der Waals surface area contributed by atoms with Crippen molar-refractivity contribution in [3.63, 3.8) is 0 Å². The molecule has 2 atom stereocenters. The van der Waals surface area contributed by atoms with E-state index < -0.39 is 11.4 Å². The molecule has 3 heterocycles. The van der Waals surface area contributed by atoms with Gasteiger partial charge in [-0.1, -0.05) is 0 Å². The molecule has 0 amide bonds. The minimum atomic E-state index is -1.16. The van der Waals surface area contributed by atoms with E-state index in [1.807, 2.05) is 12.1 Å². The normalized spacial score (nSPS) is 23.9. The third kappa shape index (κ3) is 2.52. The maximum atomic E-state index is 12.2. The number of benzene rings is 1. The van der Waals surface area contributed by atoms with Gasteiger partial charge in [0.25, 0.3) is 0 Å². The number of hydrogen-bond donors (Lipinski definition) is 2. The van der Waals surface area contributed by atoms with Gasteiger partial charge in [0.05, 0.1) is 0 Å². The van der Waals surface area contributed by atoms with Crippen molar-refractivity contribution in [2.75, 3.05) is 24.5 Å². The lowest BCUT2D eigenvalue weighted by atomic mass is 9.94. The van der Waals surface area contributed by atoms with Crippen molar-refractivity contribution in [2.45, 2.75) is 18.9 Å². The molecule has 2 aliphatic heterocycles. The molecule has 5 nitrogen and oxygen atoms in total. The number of carbonyl (C=O) groups is 1. The summed E-state index contributed by atoms with van der Waals surface area (Å²) in [4.78, 5) is 25.7. The average Bonchev–Trinajstić information content (AvgIpc) is 2.98. The monoisotopic (exact) mass is 330 g/mol. The Bertz CT molecular complexity index is 818. The third-order valence-corrected chi connectivity index (χ3v) is 5.90. The number of carboxylic acids is 1. The lowest BCUT2D eigenvalue weighted by molar-refractivity contribution is 0.0696. The highest BCUT2D eigenvalue weighted by molar-refractivity contribution is 7.16. The van der Waals surface area contributed by atoms with E-state index >= 15 is 0 Å². The fourth-order valence-electron chi connectivity index (χ4n) is 3.72. The van der Waals surface area contributed by atoms with E-state index in [-0.39, 0.29) is 5.56 Å². The molecule has 4 rings (SSSR count). The summed E-state index contributed by atoms with van der Waals surface area (Å²) in [6.07, 6.45) is 2.52. The summed E-state index contributed by atoms with van der Waals surface area (Å²) in [6, 6.07) is 6.29. The second-order valence-electron chi connectivity index (χ2n) is 6.33. The number of carboxylic acid groups (broad SMARTS) is 1. The number of nitrogens with one attached hydrogen (secondary N) is 1. The third-order valence-electron chi connectivity index (χ3n) is 4.95. The number of fused-ring (bicyclic) bond motifs is 2. The van der Waals surface area contributed by atoms with Crippen LogP contribution in [-0.2, 0) is 0 Å². The van der Waals surface area contributed by atoms with E-state index in [2.05, 4.69) is 10.2 Å². The van der Waals surface area contributed by atoms with Crippen LogP contribution in [0.5, 0.6) is 0 Å². The smallest absolute Gasteiger partial charge is 0.340 e. The average molecular weight is 330 g/mol. The van der Waals surface area contributed by atoms with E-state index in [4.69, 9.17) is 5.11 Å². The fraction of sp³-hybridized carbons (Fsp3) is 0.412. The highest BCUT2D eigenvalue weighted by Crippen LogP contribution is 2.31. The minimum Gasteiger partial charge on any atom is -0.478 e. The Balaban J connectivity index is 1.69. The Morgan fingerprint density at radius 3 is 3.00 bits per heavy atom. The molecular weight excluding hydrogens is 312 g/mol. The van der Waals surface area contributed by atoms with Gasteiger partial charge in [-0.15, -0.1) is 11.3 Å². The number of piperidine rings is 1. The Labute approximate surface area is 137 Å². The van der Waals surface area contributed by atoms with Crippen molar-refractivity contribution in [1.29, 1.82) is 0 Å². The molecule has 2 fully saturated rings. The van der Waals surface area contributed by atoms with Crippen molar-refractivity contribution in [1.82, 2.24) is 5.32 Å². The predicted octanol–water partition coefficient (Wildman–Crippen LogP) is 2.15. The first-order valence-electron chi connectivity index (χ1n) is 7.90. The van der Waals surface area contributed by atoms with Crippen LogP contribution < -0.4 is 15.6 Å². The molecule has 2 aliphatic rings. The highest BCUT2D eigenvalue weighted by Gasteiger charge is 2.34. The predicted molar refractivity (Wildman–Crippen MR) is 91.8 cm³/mol. The molecule has 120 valence electrons. The quantitative estimate of drug-likeness (QED) is 0.883. The van der Waals surface area contributed by atoms with Crippen LogP contribution in [0.15, 0.2) is 28.4 Å². The summed E-state index contributed by atoms with van der Waals surface area (Å²) >= 11 is 1.32. The molecule has 0 unspecified atom stereocenters. The van der Waals surface area contributed by atoms with Crippen LogP contribution in [0, 0.1) is 5.92 Å². The fourth-order valence-corrected chi connectivity index (χ4v) is 4.65. The van der Waals surface area contributed by atoms with Gasteiger partial charge in [-0.05, 0) is 43.5 Å². The van der Waals surface area contributed by atoms with Crippen molar-refractivity contribution in [2.24, 2.45) is 5.92 Å². The first-order valence-corrected chi connectivity index (χ1v) is 8.78. The molecule has 1 aromatic heterocycles. The van der Waals surface area contributed by atoms with Gasteiger partial charge in [-0.3, -0.25) is 4.79 Å². The molecule has 2 aromatic rings. The van der Waals surface area contributed by atoms with Crippen LogP contribution in [0.25, 0.3) is 10.1 Å². The molecule has 2 saturated heterocycles. The molecule has 0 aliphatic carbocycles. The topological polar surface area (TPSA) is 69.6 Å². The van der Waals surface area contributed by atoms with Gasteiger partial charge in [-0.25, -0.2) is 4.79 Å². The number of hydrogen-bond acceptors (Lipinski definition) is 5. The zero-order valence-electron chi connectivity index (χ0n) is 12.6. The lowest BCUT2D eigenvalue weighted by Crippen LogP contribution is -2.40. The molecule has 0 bridgehead atoms. The SMILES string of the molecule is O=C(O)c1csc2cc(N3C[C@@H]4CCCN[C@@H]4C3)ccc2c1=O. The van der Waals surface area contributed by atoms with E-state index in [9.17, 15) is 9.59 Å². The van der Waals surface area contributed by atoms with Crippen LogP contribution in [0.4, 0.5) is 5.69 Å². The number of nitrogens with zero attached hydrogens (tertiary/aromatic N) is 1. The minimum absolute atomic E-state index is 0.147. The summed E-state index contributed by atoms with van der Waals surface area (Å²) in [6.45, 7) is 3.15. The molecule has 0 saturated carbocycles. The summed E-state index contributed by atoms with van der Waals surface area (Å²) in [5.41, 5.74) is 0.577. The maximum Gasteiger partial charge on any atom is 0.340 e. The number of aromatic carboxylic acids is 1. The largest absolute Gasteiger partial charge is 0.478 e. The van der Waals surface area contributed by atoms with Crippen molar-refractivity contribution in [3.05, 3.63) is 39.4 Å². The van der Waals surface area contributed by atoms with E-state index in [0.29, 0.717) is 17.3 Å². The lowest BCUT2D eigenvalue weighted by Gasteiger charge is -2.24. The zero-order valence-corrected chi connectivity index (χ0v) is 13.4. The second kappa shape index (κ2) is 5.62. The van der Waals surface area contributed by atoms with Gasteiger partial charge >= 0.3 is 5.97 Å². The Hall–Kier alpha value is -1.92. The summed E-state index contributed by atoms with van der Waals surface area (Å²) in [5, 5.41) is 14.6. The molecular formula is C17H18N2O3S. The highest BCUT2D eigenvalue weighted by atomic mass is 32.1. The second-order valence-corrected chi connectivity index (χ2v) is 7.24. The Morgan fingerprint density at radius 2 is 2.22 bits per heavy atom. The van der Waals surface area contributed by atoms with Crippen molar-refractivity contribution in [3.8, 4) is 0 Å². The Kier molecular flexibility index (Phi) is 3.58. The van der Waals surface area contributed by atoms with Crippen LogP contribution >= 0.6 is 11.3 Å². The van der Waals surface area contributed by atoms with E-state index in [1.165, 1.54) is 29.6 Å². The summed E-state index contributed by atoms with van der Waals surface area (Å²) in [7, 11) is 0. The Morgan fingerprint density at radius 1 is 1.35 bits per heavy atom. The van der Waals surface area contributed by atoms with Gasteiger partial charge in [0, 0.05) is 40.3 Å². The summed E-state index contributed by atoms with van der Waals surface area (Å²) in [5.74, 6) is -0.459. The van der Waals surface area contributed by atoms with E-state index in [0.717, 1.165) is 30.0 Å². The van der Waals surface area contributed by atoms with Crippen LogP contribution in [0.1, 0.15) is 23.2 Å². The van der Waals surface area contributed by atoms with Gasteiger partial charge in [0.1, 0.15) is 5.56 Å². The van der Waals surface area contributed by atoms with Gasteiger partial charge in [0.2, 0.25) is 5.43 Å². The first-order chi connectivity index (χ1) is 11.1. The van der Waals surface area contributed by atoms with Crippen LogP contribution in [-0.4, -0.2) is 36.8 Å². The molecule has 0 radical (unpaired) electrons. The molecule has 1 aromatic carbocycles. The number of anilines is 1. The standard InChI is InChI=1S/C17H18N2O3S/c20-16-12-4-3-11(6-15(12)23-9-13(16)17(21)22)19-7-10-2-1-5-18-14(10)8-19/h3-4,6,9-10,14,18H,1-2,5,7-8H2,(H,21,22)/t10-,14+/m0/s1. The maximum absolute atomic E-state index is 12.2. The molecule has 0 spiro atoms. The van der Waals surface area contributed by atoms with Crippen LogP contribution in [0.3, 0.4) is 0 Å².